The molecule has 1 unspecified atom stereocenters. The van der Waals surface area contributed by atoms with Crippen LogP contribution in [0.25, 0.3) is 0 Å². The molecule has 0 fully saturated rings. The number of esters is 2. The number of unbranched alkanes of at least 4 members (excludes halogenated alkanes) is 23. The van der Waals surface area contributed by atoms with Crippen molar-refractivity contribution in [3.05, 3.63) is 12.2 Å². The number of hydrogen-bond acceptors (Lipinski definition) is 9. The number of aliphatic hydroxyl groups is 2. The Kier molecular flexibility index (Phi) is 36.1. The molecule has 0 spiro atoms. The van der Waals surface area contributed by atoms with Crippen molar-refractivity contribution in [3.63, 3.8) is 0 Å². The van der Waals surface area contributed by atoms with E-state index in [-0.39, 0.29) is 19.4 Å². The lowest BCUT2D eigenvalue weighted by Crippen LogP contribution is -2.29. The molecule has 0 bridgehead atoms. The lowest BCUT2D eigenvalue weighted by Gasteiger charge is -2.20. The second kappa shape index (κ2) is 37.0. The van der Waals surface area contributed by atoms with Crippen LogP contribution in [-0.4, -0.2) is 65.7 Å². The van der Waals surface area contributed by atoms with Gasteiger partial charge in [0.15, 0.2) is 6.10 Å². The molecule has 0 amide bonds. The number of carbonyl (C=O) groups is 2. The molecule has 0 saturated carbocycles. The summed E-state index contributed by atoms with van der Waals surface area (Å²) in [7, 11) is -4.61. The van der Waals surface area contributed by atoms with Crippen molar-refractivity contribution < 1.29 is 47.8 Å². The Labute approximate surface area is 311 Å². The van der Waals surface area contributed by atoms with Gasteiger partial charge in [0.05, 0.1) is 19.8 Å². The van der Waals surface area contributed by atoms with Crippen molar-refractivity contribution in [2.45, 2.75) is 206 Å². The minimum absolute atomic E-state index is 0.188. The molecule has 0 aromatic rings. The van der Waals surface area contributed by atoms with Gasteiger partial charge in [0.2, 0.25) is 0 Å². The first-order valence-corrected chi connectivity index (χ1v) is 22.1. The molecule has 0 aromatic heterocycles. The van der Waals surface area contributed by atoms with Crippen LogP contribution in [-0.2, 0) is 32.7 Å². The topological polar surface area (TPSA) is 149 Å². The first-order valence-electron chi connectivity index (χ1n) is 20.6. The van der Waals surface area contributed by atoms with Gasteiger partial charge in [-0.3, -0.25) is 18.6 Å². The van der Waals surface area contributed by atoms with Crippen molar-refractivity contribution in [1.29, 1.82) is 0 Å². The molecule has 3 N–H and O–H groups in total. The van der Waals surface area contributed by atoms with Gasteiger partial charge >= 0.3 is 19.8 Å². The summed E-state index contributed by atoms with van der Waals surface area (Å²) in [5.74, 6) is -0.927. The van der Waals surface area contributed by atoms with E-state index >= 15 is 0 Å². The molecule has 0 aromatic carbocycles. The van der Waals surface area contributed by atoms with Crippen LogP contribution >= 0.6 is 7.82 Å². The standard InChI is InChI=1S/C40H77O10P/c1-3-5-7-9-11-13-15-17-18-19-20-22-24-26-28-30-32-40(44)50-38(36-49-51(45,46)48-34-37(42)33-41)35-47-39(43)31-29-27-25-23-21-16-14-12-10-8-6-4-2/h12,14,37-38,41-42H,3-11,13,15-36H2,1-2H3,(H,45,46)/b14-12-/t37-,38+/m0/s1. The first-order chi connectivity index (χ1) is 24.7. The van der Waals surface area contributed by atoms with Gasteiger partial charge < -0.3 is 24.6 Å². The number of hydrogen-bond donors (Lipinski definition) is 3. The maximum Gasteiger partial charge on any atom is 0.472 e. The minimum Gasteiger partial charge on any atom is -0.462 e. The van der Waals surface area contributed by atoms with Crippen molar-refractivity contribution in [3.8, 4) is 0 Å². The molecule has 3 atom stereocenters. The average molecular weight is 749 g/mol. The lowest BCUT2D eigenvalue weighted by atomic mass is 10.0. The van der Waals surface area contributed by atoms with E-state index in [0.29, 0.717) is 12.8 Å². The van der Waals surface area contributed by atoms with E-state index in [0.717, 1.165) is 57.8 Å². The van der Waals surface area contributed by atoms with Crippen LogP contribution in [0, 0.1) is 0 Å². The third-order valence-corrected chi connectivity index (χ3v) is 9.87. The number of phosphoric acid groups is 1. The van der Waals surface area contributed by atoms with Gasteiger partial charge in [-0.15, -0.1) is 0 Å². The summed E-state index contributed by atoms with van der Waals surface area (Å²) in [6.45, 7) is 2.36. The summed E-state index contributed by atoms with van der Waals surface area (Å²) in [6.07, 6.45) is 33.2. The third-order valence-electron chi connectivity index (χ3n) is 8.92. The van der Waals surface area contributed by atoms with E-state index in [1.165, 1.54) is 96.3 Å². The zero-order valence-electron chi connectivity index (χ0n) is 32.6. The second-order valence-corrected chi connectivity index (χ2v) is 15.5. The zero-order valence-corrected chi connectivity index (χ0v) is 33.5. The van der Waals surface area contributed by atoms with Gasteiger partial charge in [0, 0.05) is 12.8 Å². The van der Waals surface area contributed by atoms with Crippen molar-refractivity contribution in [1.82, 2.24) is 0 Å². The zero-order chi connectivity index (χ0) is 37.7. The highest BCUT2D eigenvalue weighted by molar-refractivity contribution is 7.47. The maximum atomic E-state index is 12.6. The first kappa shape index (κ1) is 49.7. The number of rotatable bonds is 39. The Balaban J connectivity index is 4.30. The summed E-state index contributed by atoms with van der Waals surface area (Å²) in [4.78, 5) is 34.9. The molecular formula is C40H77O10P. The number of aliphatic hydroxyl groups excluding tert-OH is 2. The largest absolute Gasteiger partial charge is 0.472 e. The quantitative estimate of drug-likeness (QED) is 0.0240. The number of phosphoric ester groups is 1. The summed E-state index contributed by atoms with van der Waals surface area (Å²) in [5, 5.41) is 18.3. The SMILES string of the molecule is CCCCC/C=C\CCCCCCCC(=O)OC[C@H](COP(=O)(O)OC[C@@H](O)CO)OC(=O)CCCCCCCCCCCCCCCCCC. The van der Waals surface area contributed by atoms with Crippen molar-refractivity contribution in [2.75, 3.05) is 26.4 Å². The van der Waals surface area contributed by atoms with Crippen LogP contribution in [0.4, 0.5) is 0 Å². The van der Waals surface area contributed by atoms with Gasteiger partial charge in [-0.2, -0.15) is 0 Å². The molecule has 0 aliphatic rings. The van der Waals surface area contributed by atoms with Crippen LogP contribution < -0.4 is 0 Å². The Morgan fingerprint density at radius 2 is 0.961 bits per heavy atom. The molecular weight excluding hydrogens is 671 g/mol. The minimum atomic E-state index is -4.61. The molecule has 0 rings (SSSR count). The Hall–Kier alpha value is -1.29. The molecule has 0 saturated heterocycles. The predicted octanol–water partition coefficient (Wildman–Crippen LogP) is 10.4. The Morgan fingerprint density at radius 3 is 1.45 bits per heavy atom. The summed E-state index contributed by atoms with van der Waals surface area (Å²) in [6, 6.07) is 0. The van der Waals surface area contributed by atoms with Crippen molar-refractivity contribution in [2.24, 2.45) is 0 Å². The van der Waals surface area contributed by atoms with E-state index in [9.17, 15) is 24.2 Å². The summed E-state index contributed by atoms with van der Waals surface area (Å²) in [5.41, 5.74) is 0. The fourth-order valence-corrected chi connectivity index (χ4v) is 6.48. The lowest BCUT2D eigenvalue weighted by molar-refractivity contribution is -0.161. The van der Waals surface area contributed by atoms with Gasteiger partial charge in [-0.1, -0.05) is 154 Å². The highest BCUT2D eigenvalue weighted by Gasteiger charge is 2.27. The highest BCUT2D eigenvalue weighted by Crippen LogP contribution is 2.43. The third kappa shape index (κ3) is 36.8. The smallest absolute Gasteiger partial charge is 0.462 e. The van der Waals surface area contributed by atoms with Crippen molar-refractivity contribution >= 4 is 19.8 Å². The summed E-state index contributed by atoms with van der Waals surface area (Å²) < 4.78 is 32.6. The molecule has 0 aliphatic carbocycles. The van der Waals surface area contributed by atoms with E-state index in [4.69, 9.17) is 19.1 Å². The fourth-order valence-electron chi connectivity index (χ4n) is 5.69. The second-order valence-electron chi connectivity index (χ2n) is 14.0. The molecule has 302 valence electrons. The molecule has 0 heterocycles. The van der Waals surface area contributed by atoms with Gasteiger partial charge in [0.25, 0.3) is 0 Å². The van der Waals surface area contributed by atoms with Crippen LogP contribution in [0.5, 0.6) is 0 Å². The molecule has 0 radical (unpaired) electrons. The maximum absolute atomic E-state index is 12.6. The summed E-state index contributed by atoms with van der Waals surface area (Å²) >= 11 is 0. The van der Waals surface area contributed by atoms with E-state index < -0.39 is 51.8 Å². The van der Waals surface area contributed by atoms with Crippen LogP contribution in [0.15, 0.2) is 12.2 Å². The van der Waals surface area contributed by atoms with Gasteiger partial charge in [0.1, 0.15) is 12.7 Å². The van der Waals surface area contributed by atoms with Crippen LogP contribution in [0.2, 0.25) is 0 Å². The number of carbonyl (C=O) groups excluding carboxylic acids is 2. The van der Waals surface area contributed by atoms with Gasteiger partial charge in [-0.05, 0) is 38.5 Å². The Bertz CT molecular complexity index is 868. The fraction of sp³-hybridized carbons (Fsp3) is 0.900. The molecule has 0 aliphatic heterocycles. The normalized spacial score (nSPS) is 14.1. The van der Waals surface area contributed by atoms with Crippen LogP contribution in [0.1, 0.15) is 194 Å². The monoisotopic (exact) mass is 749 g/mol. The number of allylic oxidation sites excluding steroid dienone is 2. The highest BCUT2D eigenvalue weighted by atomic mass is 31.2. The molecule has 51 heavy (non-hydrogen) atoms. The number of ether oxygens (including phenoxy) is 2. The van der Waals surface area contributed by atoms with Crippen LogP contribution in [0.3, 0.4) is 0 Å². The molecule has 11 heteroatoms. The Morgan fingerprint density at radius 1 is 0.569 bits per heavy atom. The predicted molar refractivity (Wildman–Crippen MR) is 205 cm³/mol. The van der Waals surface area contributed by atoms with E-state index in [1.807, 2.05) is 0 Å². The van der Waals surface area contributed by atoms with E-state index in [2.05, 4.69) is 30.5 Å². The van der Waals surface area contributed by atoms with Gasteiger partial charge in [-0.25, -0.2) is 4.57 Å². The van der Waals surface area contributed by atoms with E-state index in [1.54, 1.807) is 0 Å². The molecule has 10 nitrogen and oxygen atoms in total. The average Bonchev–Trinajstić information content (AvgIpc) is 3.12.